The fraction of sp³-hybridized carbons (Fsp3) is 0.364. The molecule has 0 aromatic heterocycles. The minimum atomic E-state index is -0.260. The third-order valence-electron chi connectivity index (χ3n) is 2.28. The summed E-state index contributed by atoms with van der Waals surface area (Å²) in [6.07, 6.45) is 0.321. The maximum Gasteiger partial charge on any atom is 0.123 e. The molecule has 0 fully saturated rings. The molecule has 0 unspecified atom stereocenters. The van der Waals surface area contributed by atoms with E-state index in [1.807, 2.05) is 14.0 Å². The molecule has 1 atom stereocenters. The molecular formula is C11H13FN2. The molecule has 0 bridgehead atoms. The lowest BCUT2D eigenvalue weighted by atomic mass is 9.99. The number of hydrogen-bond acceptors (Lipinski definition) is 2. The fourth-order valence-corrected chi connectivity index (χ4v) is 1.37. The van der Waals surface area contributed by atoms with Gasteiger partial charge in [0.05, 0.1) is 12.5 Å². The summed E-state index contributed by atoms with van der Waals surface area (Å²) < 4.78 is 13.0. The Morgan fingerprint density at radius 3 is 2.86 bits per heavy atom. The molecule has 0 spiro atoms. The number of nitrogens with one attached hydrogen (secondary N) is 1. The molecule has 0 saturated heterocycles. The summed E-state index contributed by atoms with van der Waals surface area (Å²) in [6, 6.07) is 6.67. The van der Waals surface area contributed by atoms with Crippen molar-refractivity contribution in [2.24, 2.45) is 0 Å². The van der Waals surface area contributed by atoms with E-state index in [0.29, 0.717) is 6.42 Å². The Morgan fingerprint density at radius 1 is 1.57 bits per heavy atom. The van der Waals surface area contributed by atoms with E-state index in [4.69, 9.17) is 5.26 Å². The monoisotopic (exact) mass is 192 g/mol. The van der Waals surface area contributed by atoms with E-state index in [2.05, 4.69) is 11.4 Å². The van der Waals surface area contributed by atoms with Gasteiger partial charge in [-0.25, -0.2) is 4.39 Å². The predicted molar refractivity (Wildman–Crippen MR) is 53.2 cm³/mol. The standard InChI is InChI=1S/C11H13FN2/c1-8(14-2)11-7-10(12)4-3-9(11)5-6-13/h3-4,7-8,14H,5H2,1-2H3/t8-/m1/s1. The highest BCUT2D eigenvalue weighted by atomic mass is 19.1. The average molecular weight is 192 g/mol. The molecule has 1 rings (SSSR count). The van der Waals surface area contributed by atoms with Crippen LogP contribution in [0.5, 0.6) is 0 Å². The van der Waals surface area contributed by atoms with Gasteiger partial charge in [0, 0.05) is 6.04 Å². The van der Waals surface area contributed by atoms with Crippen molar-refractivity contribution in [1.82, 2.24) is 5.32 Å². The van der Waals surface area contributed by atoms with Crippen LogP contribution < -0.4 is 5.32 Å². The molecule has 14 heavy (non-hydrogen) atoms. The Morgan fingerprint density at radius 2 is 2.29 bits per heavy atom. The Bertz CT molecular complexity index is 355. The molecule has 0 aliphatic carbocycles. The second-order valence-electron chi connectivity index (χ2n) is 3.19. The maximum atomic E-state index is 13.0. The van der Waals surface area contributed by atoms with Crippen molar-refractivity contribution in [2.75, 3.05) is 7.05 Å². The van der Waals surface area contributed by atoms with Crippen molar-refractivity contribution in [1.29, 1.82) is 5.26 Å². The van der Waals surface area contributed by atoms with E-state index in [0.717, 1.165) is 11.1 Å². The van der Waals surface area contributed by atoms with Gasteiger partial charge in [-0.3, -0.25) is 0 Å². The summed E-state index contributed by atoms with van der Waals surface area (Å²) in [5.74, 6) is -0.260. The smallest absolute Gasteiger partial charge is 0.123 e. The molecule has 74 valence electrons. The lowest BCUT2D eigenvalue weighted by molar-refractivity contribution is 0.605. The number of nitriles is 1. The van der Waals surface area contributed by atoms with Crippen molar-refractivity contribution in [3.05, 3.63) is 35.1 Å². The van der Waals surface area contributed by atoms with Crippen LogP contribution in [0.3, 0.4) is 0 Å². The van der Waals surface area contributed by atoms with E-state index >= 15 is 0 Å². The fourth-order valence-electron chi connectivity index (χ4n) is 1.37. The molecule has 0 heterocycles. The van der Waals surface area contributed by atoms with Crippen LogP contribution in [0.25, 0.3) is 0 Å². The second-order valence-corrected chi connectivity index (χ2v) is 3.19. The Kier molecular flexibility index (Phi) is 3.61. The quantitative estimate of drug-likeness (QED) is 0.796. The first-order valence-corrected chi connectivity index (χ1v) is 4.51. The van der Waals surface area contributed by atoms with E-state index in [-0.39, 0.29) is 11.9 Å². The molecular weight excluding hydrogens is 179 g/mol. The van der Waals surface area contributed by atoms with E-state index in [9.17, 15) is 4.39 Å². The molecule has 1 aromatic rings. The predicted octanol–water partition coefficient (Wildman–Crippen LogP) is 2.17. The van der Waals surface area contributed by atoms with Gasteiger partial charge in [0.1, 0.15) is 5.82 Å². The van der Waals surface area contributed by atoms with Crippen LogP contribution in [0, 0.1) is 17.1 Å². The molecule has 3 heteroatoms. The number of nitrogens with zero attached hydrogens (tertiary/aromatic N) is 1. The van der Waals surface area contributed by atoms with Gasteiger partial charge in [-0.2, -0.15) is 5.26 Å². The first kappa shape index (κ1) is 10.7. The summed E-state index contributed by atoms with van der Waals surface area (Å²) in [5, 5.41) is 11.6. The number of benzene rings is 1. The maximum absolute atomic E-state index is 13.0. The van der Waals surface area contributed by atoms with Crippen molar-refractivity contribution < 1.29 is 4.39 Å². The second kappa shape index (κ2) is 4.73. The Labute approximate surface area is 83.4 Å². The summed E-state index contributed by atoms with van der Waals surface area (Å²) in [4.78, 5) is 0. The van der Waals surface area contributed by atoms with Gasteiger partial charge in [-0.1, -0.05) is 6.07 Å². The zero-order valence-corrected chi connectivity index (χ0v) is 8.34. The normalized spacial score (nSPS) is 12.1. The van der Waals surface area contributed by atoms with Crippen LogP contribution in [-0.2, 0) is 6.42 Å². The van der Waals surface area contributed by atoms with E-state index in [1.54, 1.807) is 6.07 Å². The summed E-state index contributed by atoms with van der Waals surface area (Å²) in [5.41, 5.74) is 1.74. The molecule has 0 aliphatic heterocycles. The van der Waals surface area contributed by atoms with Gasteiger partial charge in [0.25, 0.3) is 0 Å². The third-order valence-corrected chi connectivity index (χ3v) is 2.28. The van der Waals surface area contributed by atoms with Crippen LogP contribution in [0.15, 0.2) is 18.2 Å². The number of halogens is 1. The molecule has 2 nitrogen and oxygen atoms in total. The van der Waals surface area contributed by atoms with Crippen molar-refractivity contribution in [3.63, 3.8) is 0 Å². The van der Waals surface area contributed by atoms with E-state index in [1.165, 1.54) is 12.1 Å². The number of rotatable bonds is 3. The van der Waals surface area contributed by atoms with Gasteiger partial charge < -0.3 is 5.32 Å². The molecule has 1 aromatic carbocycles. The van der Waals surface area contributed by atoms with Crippen LogP contribution in [0.2, 0.25) is 0 Å². The molecule has 1 N–H and O–H groups in total. The first-order valence-electron chi connectivity index (χ1n) is 4.51. The SMILES string of the molecule is CN[C@H](C)c1cc(F)ccc1CC#N. The van der Waals surface area contributed by atoms with Gasteiger partial charge >= 0.3 is 0 Å². The van der Waals surface area contributed by atoms with Gasteiger partial charge in [-0.15, -0.1) is 0 Å². The summed E-state index contributed by atoms with van der Waals surface area (Å²) in [6.45, 7) is 1.94. The lowest BCUT2D eigenvalue weighted by Gasteiger charge is -2.14. The highest BCUT2D eigenvalue weighted by Crippen LogP contribution is 2.19. The minimum Gasteiger partial charge on any atom is -0.313 e. The van der Waals surface area contributed by atoms with Crippen molar-refractivity contribution >= 4 is 0 Å². The first-order chi connectivity index (χ1) is 6.69. The Balaban J connectivity index is 3.10. The van der Waals surface area contributed by atoms with Crippen LogP contribution >= 0.6 is 0 Å². The van der Waals surface area contributed by atoms with Gasteiger partial charge in [0.15, 0.2) is 0 Å². The Hall–Kier alpha value is -1.40. The summed E-state index contributed by atoms with van der Waals surface area (Å²) in [7, 11) is 1.81. The molecule has 0 radical (unpaired) electrons. The van der Waals surface area contributed by atoms with Gasteiger partial charge in [0.2, 0.25) is 0 Å². The van der Waals surface area contributed by atoms with Crippen LogP contribution in [-0.4, -0.2) is 7.05 Å². The van der Waals surface area contributed by atoms with Crippen LogP contribution in [0.4, 0.5) is 4.39 Å². The third kappa shape index (κ3) is 2.30. The topological polar surface area (TPSA) is 35.8 Å². The summed E-state index contributed by atoms with van der Waals surface area (Å²) >= 11 is 0. The molecule has 0 amide bonds. The lowest BCUT2D eigenvalue weighted by Crippen LogP contribution is -2.14. The highest BCUT2D eigenvalue weighted by molar-refractivity contribution is 5.32. The van der Waals surface area contributed by atoms with E-state index < -0.39 is 0 Å². The molecule has 0 aliphatic rings. The van der Waals surface area contributed by atoms with Crippen molar-refractivity contribution in [2.45, 2.75) is 19.4 Å². The largest absolute Gasteiger partial charge is 0.313 e. The highest BCUT2D eigenvalue weighted by Gasteiger charge is 2.09. The number of hydrogen-bond donors (Lipinski definition) is 1. The van der Waals surface area contributed by atoms with Crippen molar-refractivity contribution in [3.8, 4) is 6.07 Å². The average Bonchev–Trinajstić information content (AvgIpc) is 2.20. The zero-order chi connectivity index (χ0) is 10.6. The van der Waals surface area contributed by atoms with Crippen LogP contribution in [0.1, 0.15) is 24.1 Å². The minimum absolute atomic E-state index is 0.0639. The molecule has 0 saturated carbocycles. The van der Waals surface area contributed by atoms with Gasteiger partial charge in [-0.05, 0) is 37.2 Å². The zero-order valence-electron chi connectivity index (χ0n) is 8.34.